The van der Waals surface area contributed by atoms with Crippen molar-refractivity contribution in [2.45, 2.75) is 57.2 Å². The normalized spacial score (nSPS) is 20.7. The number of fused-ring (bicyclic) bond motifs is 1. The smallest absolute Gasteiger partial charge is 0.271 e. The summed E-state index contributed by atoms with van der Waals surface area (Å²) in [5, 5.41) is 17.3. The van der Waals surface area contributed by atoms with Gasteiger partial charge >= 0.3 is 0 Å². The van der Waals surface area contributed by atoms with Gasteiger partial charge in [-0.05, 0) is 44.1 Å². The van der Waals surface area contributed by atoms with Gasteiger partial charge in [-0.3, -0.25) is 14.4 Å². The van der Waals surface area contributed by atoms with Crippen LogP contribution in [0.25, 0.3) is 0 Å². The lowest BCUT2D eigenvalue weighted by Crippen LogP contribution is -2.45. The van der Waals surface area contributed by atoms with Gasteiger partial charge in [0.15, 0.2) is 5.69 Å². The van der Waals surface area contributed by atoms with Gasteiger partial charge in [0.1, 0.15) is 0 Å². The molecule has 1 aromatic carbocycles. The molecule has 6 nitrogen and oxygen atoms in total. The molecule has 28 heavy (non-hydrogen) atoms. The van der Waals surface area contributed by atoms with Gasteiger partial charge in [-0.2, -0.15) is 5.10 Å². The first-order chi connectivity index (χ1) is 13.7. The van der Waals surface area contributed by atoms with E-state index in [0.717, 1.165) is 63.7 Å². The second kappa shape index (κ2) is 8.45. The van der Waals surface area contributed by atoms with E-state index in [0.29, 0.717) is 11.7 Å². The lowest BCUT2D eigenvalue weighted by Gasteiger charge is -2.38. The summed E-state index contributed by atoms with van der Waals surface area (Å²) in [6.45, 7) is 2.68. The van der Waals surface area contributed by atoms with E-state index in [1.165, 1.54) is 11.3 Å². The van der Waals surface area contributed by atoms with Gasteiger partial charge in [0.2, 0.25) is 0 Å². The Labute approximate surface area is 166 Å². The zero-order chi connectivity index (χ0) is 19.5. The van der Waals surface area contributed by atoms with Crippen LogP contribution in [0.4, 0.5) is 0 Å². The number of rotatable bonds is 5. The maximum Gasteiger partial charge on any atom is 0.271 e. The molecule has 2 aromatic rings. The van der Waals surface area contributed by atoms with Crippen molar-refractivity contribution < 1.29 is 9.90 Å². The number of piperidine rings is 1. The van der Waals surface area contributed by atoms with Crippen LogP contribution in [0.3, 0.4) is 0 Å². The van der Waals surface area contributed by atoms with Crippen LogP contribution in [0.15, 0.2) is 30.3 Å². The van der Waals surface area contributed by atoms with Gasteiger partial charge in [0.25, 0.3) is 5.91 Å². The number of aryl methyl sites for hydroxylation is 2. The molecule has 1 aliphatic heterocycles. The molecule has 0 bridgehead atoms. The van der Waals surface area contributed by atoms with Crippen molar-refractivity contribution >= 4 is 5.91 Å². The molecule has 0 spiro atoms. The predicted octanol–water partition coefficient (Wildman–Crippen LogP) is 1.80. The molecule has 4 rings (SSSR count). The quantitative estimate of drug-likeness (QED) is 0.827. The highest BCUT2D eigenvalue weighted by atomic mass is 16.3. The number of hydrogen-bond donors (Lipinski definition) is 2. The first kappa shape index (κ1) is 19.2. The molecule has 1 aromatic heterocycles. The van der Waals surface area contributed by atoms with E-state index in [9.17, 15) is 9.90 Å². The summed E-state index contributed by atoms with van der Waals surface area (Å²) in [6.07, 6.45) is 5.38. The minimum Gasteiger partial charge on any atom is -0.393 e. The van der Waals surface area contributed by atoms with E-state index in [-0.39, 0.29) is 12.0 Å². The largest absolute Gasteiger partial charge is 0.393 e. The molecule has 1 atom stereocenters. The van der Waals surface area contributed by atoms with Gasteiger partial charge in [-0.1, -0.05) is 30.3 Å². The number of aliphatic hydroxyl groups excluding tert-OH is 1. The van der Waals surface area contributed by atoms with Crippen LogP contribution in [0, 0.1) is 0 Å². The zero-order valence-electron chi connectivity index (χ0n) is 16.6. The van der Waals surface area contributed by atoms with E-state index in [2.05, 4.69) is 39.2 Å². The summed E-state index contributed by atoms with van der Waals surface area (Å²) in [5.74, 6) is -0.0931. The van der Waals surface area contributed by atoms with Crippen LogP contribution >= 0.6 is 0 Å². The van der Waals surface area contributed by atoms with E-state index in [1.54, 1.807) is 7.05 Å². The topological polar surface area (TPSA) is 70.4 Å². The van der Waals surface area contributed by atoms with Crippen molar-refractivity contribution in [3.8, 4) is 0 Å². The Morgan fingerprint density at radius 1 is 1.21 bits per heavy atom. The third kappa shape index (κ3) is 3.98. The number of nitrogens with one attached hydrogen (secondary N) is 1. The number of amides is 1. The van der Waals surface area contributed by atoms with Crippen molar-refractivity contribution in [2.75, 3.05) is 20.1 Å². The third-order valence-corrected chi connectivity index (χ3v) is 6.23. The molecule has 0 radical (unpaired) electrons. The molecule has 0 unspecified atom stereocenters. The maximum absolute atomic E-state index is 12.5. The van der Waals surface area contributed by atoms with E-state index >= 15 is 0 Å². The van der Waals surface area contributed by atoms with Crippen molar-refractivity contribution in [1.29, 1.82) is 0 Å². The van der Waals surface area contributed by atoms with Crippen LogP contribution in [0.2, 0.25) is 0 Å². The highest BCUT2D eigenvalue weighted by Crippen LogP contribution is 2.29. The standard InChI is InChI=1S/C22H30N4O2/c1-23-22(28)21-19-15-17(25-12-10-18(27)11-13-25)7-8-20(19)26(24-21)14-9-16-5-3-2-4-6-16/h2-6,17-18,27H,7-15H2,1H3,(H,23,28)/t17-/m0/s1. The fourth-order valence-electron chi connectivity index (χ4n) is 4.60. The highest BCUT2D eigenvalue weighted by Gasteiger charge is 2.32. The number of carbonyl (C=O) groups excluding carboxylic acids is 1. The molecule has 2 aliphatic rings. The number of benzene rings is 1. The summed E-state index contributed by atoms with van der Waals surface area (Å²) in [5.41, 5.74) is 4.22. The second-order valence-electron chi connectivity index (χ2n) is 7.98. The maximum atomic E-state index is 12.5. The summed E-state index contributed by atoms with van der Waals surface area (Å²) in [4.78, 5) is 15.0. The molecular weight excluding hydrogens is 352 g/mol. The summed E-state index contributed by atoms with van der Waals surface area (Å²) >= 11 is 0. The minimum atomic E-state index is -0.155. The Morgan fingerprint density at radius 3 is 2.68 bits per heavy atom. The Kier molecular flexibility index (Phi) is 5.78. The van der Waals surface area contributed by atoms with E-state index < -0.39 is 0 Å². The first-order valence-electron chi connectivity index (χ1n) is 10.4. The van der Waals surface area contributed by atoms with E-state index in [1.807, 2.05) is 6.07 Å². The monoisotopic (exact) mass is 382 g/mol. The summed E-state index contributed by atoms with van der Waals surface area (Å²) in [6, 6.07) is 10.9. The van der Waals surface area contributed by atoms with Crippen LogP contribution < -0.4 is 5.32 Å². The zero-order valence-corrected chi connectivity index (χ0v) is 16.6. The van der Waals surface area contributed by atoms with Crippen molar-refractivity contribution in [1.82, 2.24) is 20.0 Å². The average molecular weight is 383 g/mol. The molecule has 150 valence electrons. The van der Waals surface area contributed by atoms with Gasteiger partial charge < -0.3 is 10.4 Å². The van der Waals surface area contributed by atoms with Crippen LogP contribution in [-0.4, -0.2) is 58.0 Å². The molecule has 1 amide bonds. The number of nitrogens with zero attached hydrogens (tertiary/aromatic N) is 3. The molecule has 0 saturated carbocycles. The van der Waals surface area contributed by atoms with Gasteiger partial charge in [-0.25, -0.2) is 0 Å². The fourth-order valence-corrected chi connectivity index (χ4v) is 4.60. The second-order valence-corrected chi connectivity index (χ2v) is 7.98. The lowest BCUT2D eigenvalue weighted by atomic mass is 9.89. The number of aliphatic hydroxyl groups is 1. The molecule has 1 saturated heterocycles. The minimum absolute atomic E-state index is 0.0931. The Hall–Kier alpha value is -2.18. The van der Waals surface area contributed by atoms with Crippen molar-refractivity contribution in [2.24, 2.45) is 0 Å². The number of carbonyl (C=O) groups is 1. The lowest BCUT2D eigenvalue weighted by molar-refractivity contribution is 0.0568. The molecule has 2 heterocycles. The van der Waals surface area contributed by atoms with Gasteiger partial charge in [-0.15, -0.1) is 0 Å². The highest BCUT2D eigenvalue weighted by molar-refractivity contribution is 5.93. The molecule has 6 heteroatoms. The SMILES string of the molecule is CNC(=O)c1nn(CCc2ccccc2)c2c1C[C@@H](N1CCC(O)CC1)CC2. The molecule has 1 aliphatic carbocycles. The van der Waals surface area contributed by atoms with Crippen LogP contribution in [-0.2, 0) is 25.8 Å². The Balaban J connectivity index is 1.54. The van der Waals surface area contributed by atoms with Crippen molar-refractivity contribution in [3.05, 3.63) is 52.8 Å². The van der Waals surface area contributed by atoms with Crippen LogP contribution in [0.5, 0.6) is 0 Å². The number of aromatic nitrogens is 2. The molecular formula is C22H30N4O2. The van der Waals surface area contributed by atoms with E-state index in [4.69, 9.17) is 5.10 Å². The summed E-state index contributed by atoms with van der Waals surface area (Å²) in [7, 11) is 1.67. The predicted molar refractivity (Wildman–Crippen MR) is 108 cm³/mol. The fraction of sp³-hybridized carbons (Fsp3) is 0.545. The molecule has 1 fully saturated rings. The average Bonchev–Trinajstić information content (AvgIpc) is 3.11. The van der Waals surface area contributed by atoms with Gasteiger partial charge in [0, 0.05) is 44.0 Å². The number of hydrogen-bond acceptors (Lipinski definition) is 4. The third-order valence-electron chi connectivity index (χ3n) is 6.23. The first-order valence-corrected chi connectivity index (χ1v) is 10.4. The van der Waals surface area contributed by atoms with Crippen LogP contribution in [0.1, 0.15) is 46.6 Å². The Bertz CT molecular complexity index is 809. The molecule has 2 N–H and O–H groups in total. The van der Waals surface area contributed by atoms with Crippen molar-refractivity contribution in [3.63, 3.8) is 0 Å². The number of likely N-dealkylation sites (tertiary alicyclic amines) is 1. The Morgan fingerprint density at radius 2 is 1.96 bits per heavy atom. The summed E-state index contributed by atoms with van der Waals surface area (Å²) < 4.78 is 2.06. The van der Waals surface area contributed by atoms with Gasteiger partial charge in [0.05, 0.1) is 6.10 Å².